The van der Waals surface area contributed by atoms with Gasteiger partial charge in [0.05, 0.1) is 5.52 Å². The summed E-state index contributed by atoms with van der Waals surface area (Å²) in [4.78, 5) is 12.0. The van der Waals surface area contributed by atoms with Crippen molar-refractivity contribution in [2.45, 2.75) is 32.9 Å². The number of halogens is 1. The van der Waals surface area contributed by atoms with Gasteiger partial charge in [-0.25, -0.2) is 0 Å². The number of unbranched alkanes of at least 4 members (excludes halogenated alkanes) is 1. The van der Waals surface area contributed by atoms with Gasteiger partial charge < -0.3 is 15.2 Å². The number of hydrogen-bond acceptors (Lipinski definition) is 2. The third-order valence-corrected chi connectivity index (χ3v) is 3.70. The maximum Gasteiger partial charge on any atom is 0.239 e. The highest BCUT2D eigenvalue weighted by atomic mass is 35.5. The van der Waals surface area contributed by atoms with Crippen LogP contribution in [0.5, 0.6) is 0 Å². The Morgan fingerprint density at radius 2 is 2.19 bits per heavy atom. The molecule has 0 atom stereocenters. The molecule has 4 nitrogen and oxygen atoms in total. The number of amides is 1. The van der Waals surface area contributed by atoms with Crippen molar-refractivity contribution < 1.29 is 4.79 Å². The predicted molar refractivity (Wildman–Crippen MR) is 87.6 cm³/mol. The fourth-order valence-electron chi connectivity index (χ4n) is 2.42. The van der Waals surface area contributed by atoms with Crippen molar-refractivity contribution in [1.82, 2.24) is 15.2 Å². The first-order chi connectivity index (χ1) is 10.2. The lowest BCUT2D eigenvalue weighted by atomic mass is 10.2. The molecule has 2 rings (SSSR count). The number of benzene rings is 1. The van der Waals surface area contributed by atoms with Crippen LogP contribution in [0.25, 0.3) is 10.9 Å². The van der Waals surface area contributed by atoms with Crippen LogP contribution in [0.2, 0.25) is 5.02 Å². The second-order valence-corrected chi connectivity index (χ2v) is 5.61. The molecule has 0 radical (unpaired) electrons. The molecular weight excluding hydrogens is 286 g/mol. The number of aromatic nitrogens is 1. The van der Waals surface area contributed by atoms with Gasteiger partial charge in [-0.3, -0.25) is 4.79 Å². The molecule has 21 heavy (non-hydrogen) atoms. The van der Waals surface area contributed by atoms with E-state index in [2.05, 4.69) is 17.6 Å². The average Bonchev–Trinajstić information content (AvgIpc) is 2.77. The molecule has 0 unspecified atom stereocenters. The van der Waals surface area contributed by atoms with Crippen LogP contribution in [0.1, 0.15) is 25.3 Å². The Hall–Kier alpha value is -1.52. The van der Waals surface area contributed by atoms with E-state index in [4.69, 9.17) is 11.6 Å². The summed E-state index contributed by atoms with van der Waals surface area (Å²) in [5.74, 6) is 0.0383. The van der Waals surface area contributed by atoms with Gasteiger partial charge in [0.1, 0.15) is 6.54 Å². The van der Waals surface area contributed by atoms with E-state index >= 15 is 0 Å². The number of hydrogen-bond donors (Lipinski definition) is 2. The second-order valence-electron chi connectivity index (χ2n) is 5.18. The highest BCUT2D eigenvalue weighted by Gasteiger charge is 2.11. The molecule has 0 aliphatic rings. The van der Waals surface area contributed by atoms with Crippen LogP contribution < -0.4 is 10.6 Å². The van der Waals surface area contributed by atoms with Gasteiger partial charge in [-0.15, -0.1) is 0 Å². The first-order valence-corrected chi connectivity index (χ1v) is 7.72. The van der Waals surface area contributed by atoms with Gasteiger partial charge in [-0.2, -0.15) is 0 Å². The third-order valence-electron chi connectivity index (χ3n) is 3.46. The summed E-state index contributed by atoms with van der Waals surface area (Å²) in [6.07, 6.45) is 4.11. The normalized spacial score (nSPS) is 11.0. The van der Waals surface area contributed by atoms with Crippen molar-refractivity contribution in [2.24, 2.45) is 0 Å². The molecular formula is C16H22ClN3O. The molecule has 1 amide bonds. The van der Waals surface area contributed by atoms with Crippen LogP contribution in [0, 0.1) is 0 Å². The van der Waals surface area contributed by atoms with Gasteiger partial charge in [-0.05, 0) is 31.2 Å². The molecule has 1 aromatic heterocycles. The van der Waals surface area contributed by atoms with Crippen molar-refractivity contribution in [3.05, 3.63) is 35.0 Å². The topological polar surface area (TPSA) is 46.1 Å². The van der Waals surface area contributed by atoms with Gasteiger partial charge in [0.25, 0.3) is 0 Å². The summed E-state index contributed by atoms with van der Waals surface area (Å²) in [5, 5.41) is 7.92. The summed E-state index contributed by atoms with van der Waals surface area (Å²) in [6.45, 7) is 3.93. The largest absolute Gasteiger partial charge is 0.355 e. The molecule has 2 aromatic rings. The number of fused-ring (bicyclic) bond motifs is 1. The monoisotopic (exact) mass is 307 g/mol. The van der Waals surface area contributed by atoms with Crippen LogP contribution in [-0.4, -0.2) is 24.1 Å². The minimum Gasteiger partial charge on any atom is -0.355 e. The molecule has 0 saturated heterocycles. The number of nitrogens with zero attached hydrogens (tertiary/aromatic N) is 1. The van der Waals surface area contributed by atoms with Gasteiger partial charge >= 0.3 is 0 Å². The molecule has 1 aromatic carbocycles. The van der Waals surface area contributed by atoms with E-state index in [0.717, 1.165) is 36.8 Å². The number of carbonyl (C=O) groups is 1. The lowest BCUT2D eigenvalue weighted by Crippen LogP contribution is -2.28. The standard InChI is InChI=1S/C16H22ClN3O/c1-3-4-7-19-16(21)11-20-10-12(9-18-2)14-6-5-13(17)8-15(14)20/h5-6,8,10,18H,3-4,7,9,11H2,1-2H3,(H,19,21). The predicted octanol–water partition coefficient (Wildman–Crippen LogP) is 2.93. The zero-order valence-corrected chi connectivity index (χ0v) is 13.3. The molecule has 0 bridgehead atoms. The summed E-state index contributed by atoms with van der Waals surface area (Å²) in [6, 6.07) is 5.81. The number of rotatable bonds is 7. The van der Waals surface area contributed by atoms with Crippen molar-refractivity contribution in [3.63, 3.8) is 0 Å². The van der Waals surface area contributed by atoms with E-state index in [1.807, 2.05) is 36.0 Å². The zero-order chi connectivity index (χ0) is 15.2. The maximum atomic E-state index is 12.0. The Balaban J connectivity index is 2.22. The molecule has 0 aliphatic heterocycles. The van der Waals surface area contributed by atoms with E-state index in [1.165, 1.54) is 5.56 Å². The van der Waals surface area contributed by atoms with Crippen LogP contribution in [0.3, 0.4) is 0 Å². The average molecular weight is 308 g/mol. The Labute approximate surface area is 130 Å². The fraction of sp³-hybridized carbons (Fsp3) is 0.438. The van der Waals surface area contributed by atoms with Crippen LogP contribution in [-0.2, 0) is 17.9 Å². The molecule has 5 heteroatoms. The smallest absolute Gasteiger partial charge is 0.239 e. The number of carbonyl (C=O) groups excluding carboxylic acids is 1. The summed E-state index contributed by atoms with van der Waals surface area (Å²) >= 11 is 6.09. The summed E-state index contributed by atoms with van der Waals surface area (Å²) in [7, 11) is 1.91. The maximum absolute atomic E-state index is 12.0. The van der Waals surface area contributed by atoms with E-state index in [1.54, 1.807) is 0 Å². The Bertz CT molecular complexity index is 621. The van der Waals surface area contributed by atoms with E-state index in [-0.39, 0.29) is 5.91 Å². The Kier molecular flexibility index (Phi) is 5.65. The van der Waals surface area contributed by atoms with Gasteiger partial charge in [0.15, 0.2) is 0 Å². The van der Waals surface area contributed by atoms with Gasteiger partial charge in [0, 0.05) is 29.7 Å². The van der Waals surface area contributed by atoms with E-state index in [9.17, 15) is 4.79 Å². The van der Waals surface area contributed by atoms with Crippen LogP contribution in [0.4, 0.5) is 0 Å². The van der Waals surface area contributed by atoms with Crippen LogP contribution >= 0.6 is 11.6 Å². The molecule has 2 N–H and O–H groups in total. The quantitative estimate of drug-likeness (QED) is 0.773. The molecule has 114 valence electrons. The van der Waals surface area contributed by atoms with Gasteiger partial charge in [0.2, 0.25) is 5.91 Å². The molecule has 0 saturated carbocycles. The zero-order valence-electron chi connectivity index (χ0n) is 12.6. The highest BCUT2D eigenvalue weighted by Crippen LogP contribution is 2.24. The number of nitrogens with one attached hydrogen (secondary N) is 2. The Morgan fingerprint density at radius 1 is 1.38 bits per heavy atom. The second kappa shape index (κ2) is 7.48. The molecule has 0 spiro atoms. The lowest BCUT2D eigenvalue weighted by Gasteiger charge is -2.07. The highest BCUT2D eigenvalue weighted by molar-refractivity contribution is 6.31. The van der Waals surface area contributed by atoms with Gasteiger partial charge in [-0.1, -0.05) is 31.0 Å². The van der Waals surface area contributed by atoms with Crippen LogP contribution in [0.15, 0.2) is 24.4 Å². The first-order valence-electron chi connectivity index (χ1n) is 7.34. The summed E-state index contributed by atoms with van der Waals surface area (Å²) in [5.41, 5.74) is 2.17. The Morgan fingerprint density at radius 3 is 2.90 bits per heavy atom. The van der Waals surface area contributed by atoms with E-state index < -0.39 is 0 Å². The minimum absolute atomic E-state index is 0.0383. The molecule has 0 aliphatic carbocycles. The van der Waals surface area contributed by atoms with Crippen molar-refractivity contribution in [3.8, 4) is 0 Å². The fourth-order valence-corrected chi connectivity index (χ4v) is 2.58. The SMILES string of the molecule is CCCCNC(=O)Cn1cc(CNC)c2ccc(Cl)cc21. The van der Waals surface area contributed by atoms with Crippen molar-refractivity contribution in [2.75, 3.05) is 13.6 Å². The third kappa shape index (κ3) is 3.99. The first kappa shape index (κ1) is 15.9. The molecule has 0 fully saturated rings. The lowest BCUT2D eigenvalue weighted by molar-refractivity contribution is -0.121. The summed E-state index contributed by atoms with van der Waals surface area (Å²) < 4.78 is 1.97. The van der Waals surface area contributed by atoms with Crippen molar-refractivity contribution >= 4 is 28.4 Å². The molecule has 1 heterocycles. The minimum atomic E-state index is 0.0383. The van der Waals surface area contributed by atoms with E-state index in [0.29, 0.717) is 11.6 Å². The van der Waals surface area contributed by atoms with Crippen molar-refractivity contribution in [1.29, 1.82) is 0 Å².